The minimum absolute atomic E-state index is 0.0698. The van der Waals surface area contributed by atoms with Gasteiger partial charge in [-0.3, -0.25) is 9.69 Å². The number of aryl methyl sites for hydroxylation is 1. The number of fused-ring (bicyclic) bond motifs is 1. The highest BCUT2D eigenvalue weighted by molar-refractivity contribution is 6.99. The van der Waals surface area contributed by atoms with Gasteiger partial charge in [-0.05, 0) is 31.5 Å². The van der Waals surface area contributed by atoms with Crippen molar-refractivity contribution in [1.82, 2.24) is 33.5 Å². The first-order valence-electron chi connectivity index (χ1n) is 10.2. The largest absolute Gasteiger partial charge is 0.454 e. The normalized spacial score (nSPS) is 16.1. The van der Waals surface area contributed by atoms with Crippen LogP contribution >= 0.6 is 11.7 Å². The fourth-order valence-corrected chi connectivity index (χ4v) is 4.36. The van der Waals surface area contributed by atoms with Gasteiger partial charge in [-0.2, -0.15) is 8.75 Å². The molecule has 0 aliphatic carbocycles. The third kappa shape index (κ3) is 3.98. The van der Waals surface area contributed by atoms with Crippen LogP contribution in [-0.2, 0) is 13.1 Å². The van der Waals surface area contributed by atoms with Crippen LogP contribution in [0.15, 0.2) is 18.2 Å². The Morgan fingerprint density at radius 3 is 2.65 bits per heavy atom. The lowest BCUT2D eigenvalue weighted by Gasteiger charge is -2.34. The number of hydrogen-bond donors (Lipinski definition) is 0. The van der Waals surface area contributed by atoms with Gasteiger partial charge < -0.3 is 14.4 Å². The Bertz CT molecular complexity index is 1100. The second kappa shape index (κ2) is 8.23. The maximum absolute atomic E-state index is 13.0. The van der Waals surface area contributed by atoms with E-state index in [-0.39, 0.29) is 12.7 Å². The lowest BCUT2D eigenvalue weighted by atomic mass is 10.1. The zero-order chi connectivity index (χ0) is 21.4. The van der Waals surface area contributed by atoms with Gasteiger partial charge in [0.2, 0.25) is 6.79 Å². The number of aromatic nitrogens is 5. The van der Waals surface area contributed by atoms with E-state index in [0.29, 0.717) is 25.3 Å². The topological polar surface area (TPSA) is 98.5 Å². The molecule has 31 heavy (non-hydrogen) atoms. The van der Waals surface area contributed by atoms with Gasteiger partial charge in [-0.25, -0.2) is 4.68 Å². The molecule has 3 aromatic rings. The molecule has 2 aliphatic rings. The molecule has 1 aromatic carbocycles. The number of nitrogens with zero attached hydrogens (tertiary/aromatic N) is 7. The van der Waals surface area contributed by atoms with Gasteiger partial charge in [-0.15, -0.1) is 5.10 Å². The first-order chi connectivity index (χ1) is 15.1. The molecule has 11 heteroatoms. The number of piperazine rings is 1. The number of ether oxygens (including phenoxy) is 2. The third-order valence-corrected chi connectivity index (χ3v) is 6.39. The first kappa shape index (κ1) is 19.9. The molecule has 0 spiro atoms. The molecule has 1 fully saturated rings. The summed E-state index contributed by atoms with van der Waals surface area (Å²) in [7, 11) is 0. The summed E-state index contributed by atoms with van der Waals surface area (Å²) in [6, 6.07) is 6.04. The summed E-state index contributed by atoms with van der Waals surface area (Å²) in [4.78, 5) is 17.2. The molecule has 2 aromatic heterocycles. The highest BCUT2D eigenvalue weighted by Crippen LogP contribution is 2.32. The van der Waals surface area contributed by atoms with Crippen molar-refractivity contribution in [3.05, 3.63) is 46.5 Å². The van der Waals surface area contributed by atoms with Crippen LogP contribution in [0.2, 0.25) is 0 Å². The molecule has 0 atom stereocenters. The molecule has 2 aliphatic heterocycles. The van der Waals surface area contributed by atoms with Crippen molar-refractivity contribution in [2.45, 2.75) is 26.9 Å². The van der Waals surface area contributed by atoms with E-state index >= 15 is 0 Å². The summed E-state index contributed by atoms with van der Waals surface area (Å²) >= 11 is 1.18. The maximum Gasteiger partial charge on any atom is 0.276 e. The predicted octanol–water partition coefficient (Wildman–Crippen LogP) is 1.48. The van der Waals surface area contributed by atoms with E-state index in [2.05, 4.69) is 30.0 Å². The van der Waals surface area contributed by atoms with Crippen LogP contribution in [0.1, 0.15) is 33.1 Å². The summed E-state index contributed by atoms with van der Waals surface area (Å²) in [5.41, 5.74) is 4.07. The van der Waals surface area contributed by atoms with E-state index in [9.17, 15) is 4.79 Å². The molecule has 1 saturated heterocycles. The zero-order valence-corrected chi connectivity index (χ0v) is 18.3. The van der Waals surface area contributed by atoms with Crippen molar-refractivity contribution in [2.75, 3.05) is 33.0 Å². The summed E-state index contributed by atoms with van der Waals surface area (Å²) in [5.74, 6) is 1.52. The molecule has 4 heterocycles. The number of amides is 1. The molecular weight excluding hydrogens is 418 g/mol. The van der Waals surface area contributed by atoms with Crippen LogP contribution < -0.4 is 9.47 Å². The minimum atomic E-state index is -0.0698. The van der Waals surface area contributed by atoms with Gasteiger partial charge in [0.05, 0.1) is 35.4 Å². The second-order valence-electron chi connectivity index (χ2n) is 7.73. The van der Waals surface area contributed by atoms with E-state index in [1.807, 2.05) is 30.9 Å². The van der Waals surface area contributed by atoms with Gasteiger partial charge >= 0.3 is 0 Å². The van der Waals surface area contributed by atoms with Crippen molar-refractivity contribution in [1.29, 1.82) is 0 Å². The van der Waals surface area contributed by atoms with E-state index < -0.39 is 0 Å². The number of carbonyl (C=O) groups is 1. The highest BCUT2D eigenvalue weighted by Gasteiger charge is 2.27. The summed E-state index contributed by atoms with van der Waals surface area (Å²) < 4.78 is 21.0. The Labute approximate surface area is 183 Å². The Balaban J connectivity index is 1.19. The monoisotopic (exact) mass is 441 g/mol. The van der Waals surface area contributed by atoms with Crippen molar-refractivity contribution >= 4 is 17.6 Å². The van der Waals surface area contributed by atoms with Crippen LogP contribution in [0, 0.1) is 13.8 Å². The van der Waals surface area contributed by atoms with E-state index in [1.54, 1.807) is 4.68 Å². The van der Waals surface area contributed by atoms with Gasteiger partial charge in [0.25, 0.3) is 5.91 Å². The van der Waals surface area contributed by atoms with Crippen LogP contribution in [0.5, 0.6) is 11.5 Å². The quantitative estimate of drug-likeness (QED) is 0.587. The zero-order valence-electron chi connectivity index (χ0n) is 17.4. The van der Waals surface area contributed by atoms with Crippen LogP contribution in [0.4, 0.5) is 0 Å². The molecule has 0 radical (unpaired) electrons. The predicted molar refractivity (Wildman–Crippen MR) is 112 cm³/mol. The van der Waals surface area contributed by atoms with Gasteiger partial charge in [-0.1, -0.05) is 11.3 Å². The average Bonchev–Trinajstić information content (AvgIpc) is 3.49. The third-order valence-electron chi connectivity index (χ3n) is 5.73. The molecule has 10 nitrogen and oxygen atoms in total. The summed E-state index contributed by atoms with van der Waals surface area (Å²) in [6.45, 7) is 8.28. The smallest absolute Gasteiger partial charge is 0.276 e. The SMILES string of the molecule is Cc1nsnc1Cn1nnc(C(=O)N2CCN(Cc3ccc4c(c3)OCO4)CC2)c1C. The summed E-state index contributed by atoms with van der Waals surface area (Å²) in [6.07, 6.45) is 0. The first-order valence-corrected chi connectivity index (χ1v) is 10.9. The Kier molecular flexibility index (Phi) is 5.28. The van der Waals surface area contributed by atoms with Crippen LogP contribution in [0.3, 0.4) is 0 Å². The molecule has 0 bridgehead atoms. The van der Waals surface area contributed by atoms with E-state index in [1.165, 1.54) is 17.3 Å². The number of hydrogen-bond acceptors (Lipinski definition) is 9. The molecule has 0 N–H and O–H groups in total. The maximum atomic E-state index is 13.0. The Hall–Kier alpha value is -3.05. The molecular formula is C20H23N7O3S. The molecule has 162 valence electrons. The number of carbonyl (C=O) groups excluding carboxylic acids is 1. The van der Waals surface area contributed by atoms with Crippen molar-refractivity contribution < 1.29 is 14.3 Å². The fourth-order valence-electron chi connectivity index (χ4n) is 3.80. The second-order valence-corrected chi connectivity index (χ2v) is 8.26. The average molecular weight is 442 g/mol. The Morgan fingerprint density at radius 2 is 1.87 bits per heavy atom. The molecule has 0 unspecified atom stereocenters. The molecule has 5 rings (SSSR count). The number of rotatable bonds is 5. The Morgan fingerprint density at radius 1 is 1.06 bits per heavy atom. The van der Waals surface area contributed by atoms with E-state index in [4.69, 9.17) is 9.47 Å². The standard InChI is InChI=1S/C20H23N7O3S/c1-13-16(23-31-22-13)11-27-14(2)19(21-24-27)20(28)26-7-5-25(6-8-26)10-15-3-4-17-18(9-15)30-12-29-17/h3-4,9H,5-8,10-12H2,1-2H3. The highest BCUT2D eigenvalue weighted by atomic mass is 32.1. The number of benzene rings is 1. The lowest BCUT2D eigenvalue weighted by Crippen LogP contribution is -2.48. The molecule has 0 saturated carbocycles. The summed E-state index contributed by atoms with van der Waals surface area (Å²) in [5, 5.41) is 8.33. The van der Waals surface area contributed by atoms with E-state index in [0.717, 1.165) is 48.2 Å². The van der Waals surface area contributed by atoms with Crippen molar-refractivity contribution in [3.8, 4) is 11.5 Å². The van der Waals surface area contributed by atoms with Crippen molar-refractivity contribution in [3.63, 3.8) is 0 Å². The van der Waals surface area contributed by atoms with Crippen LogP contribution in [-0.4, -0.2) is 72.4 Å². The van der Waals surface area contributed by atoms with Gasteiger partial charge in [0.15, 0.2) is 17.2 Å². The lowest BCUT2D eigenvalue weighted by molar-refractivity contribution is 0.0622. The van der Waals surface area contributed by atoms with Crippen molar-refractivity contribution in [2.24, 2.45) is 0 Å². The van der Waals surface area contributed by atoms with Gasteiger partial charge in [0.1, 0.15) is 0 Å². The molecule has 1 amide bonds. The van der Waals surface area contributed by atoms with Gasteiger partial charge in [0, 0.05) is 32.7 Å². The van der Waals surface area contributed by atoms with Crippen LogP contribution in [0.25, 0.3) is 0 Å². The fraction of sp³-hybridized carbons (Fsp3) is 0.450. The minimum Gasteiger partial charge on any atom is -0.454 e.